The Balaban J connectivity index is 2.26. The number of pyridine rings is 1. The lowest BCUT2D eigenvalue weighted by Crippen LogP contribution is -2.22. The molecule has 0 amide bonds. The smallest absolute Gasteiger partial charge is 0.326 e. The van der Waals surface area contributed by atoms with Gasteiger partial charge in [0, 0.05) is 11.1 Å². The van der Waals surface area contributed by atoms with Gasteiger partial charge < -0.3 is 10.1 Å². The highest BCUT2D eigenvalue weighted by Crippen LogP contribution is 2.31. The maximum absolute atomic E-state index is 12.1. The average molecular weight is 363 g/mol. The predicted octanol–water partition coefficient (Wildman–Crippen LogP) is 2.52. The fourth-order valence-corrected chi connectivity index (χ4v) is 2.85. The van der Waals surface area contributed by atoms with Gasteiger partial charge in [0.1, 0.15) is 11.3 Å². The molecule has 27 heavy (non-hydrogen) atoms. The average Bonchev–Trinajstić information content (AvgIpc) is 2.58. The van der Waals surface area contributed by atoms with E-state index in [2.05, 4.69) is 26.8 Å². The van der Waals surface area contributed by atoms with Crippen LogP contribution in [0.2, 0.25) is 0 Å². The van der Waals surface area contributed by atoms with Gasteiger partial charge in [0.2, 0.25) is 0 Å². The van der Waals surface area contributed by atoms with Gasteiger partial charge >= 0.3 is 5.69 Å². The third kappa shape index (κ3) is 3.99. The van der Waals surface area contributed by atoms with Gasteiger partial charge in [0.25, 0.3) is 5.56 Å². The minimum Gasteiger partial charge on any atom is -0.378 e. The highest BCUT2D eigenvalue weighted by molar-refractivity contribution is 5.93. The zero-order chi connectivity index (χ0) is 19.8. The van der Waals surface area contributed by atoms with E-state index >= 15 is 0 Å². The van der Waals surface area contributed by atoms with Crippen molar-refractivity contribution < 1.29 is 5.11 Å². The van der Waals surface area contributed by atoms with Crippen molar-refractivity contribution in [2.45, 2.75) is 39.2 Å². The number of nitrogens with one attached hydrogen (secondary N) is 2. The summed E-state index contributed by atoms with van der Waals surface area (Å²) in [5, 5.41) is 10.2. The molecule has 2 heterocycles. The van der Waals surface area contributed by atoms with Crippen molar-refractivity contribution in [3.8, 4) is 23.0 Å². The molecular formula is C21H21N3O3. The molecule has 3 rings (SSSR count). The second-order valence-corrected chi connectivity index (χ2v) is 7.23. The molecule has 1 aromatic carbocycles. The van der Waals surface area contributed by atoms with Crippen LogP contribution in [0.25, 0.3) is 22.0 Å². The third-order valence-electron chi connectivity index (χ3n) is 4.03. The summed E-state index contributed by atoms with van der Waals surface area (Å²) in [6.45, 7) is 7.25. The molecule has 0 atom stereocenters. The molecule has 0 aliphatic heterocycles. The maximum atomic E-state index is 12.1. The number of hydrogen-bond donors (Lipinski definition) is 3. The van der Waals surface area contributed by atoms with E-state index in [4.69, 9.17) is 0 Å². The number of rotatable bonds is 2. The van der Waals surface area contributed by atoms with E-state index in [-0.39, 0.29) is 5.92 Å². The summed E-state index contributed by atoms with van der Waals surface area (Å²) in [7, 11) is 0. The molecule has 3 aromatic rings. The van der Waals surface area contributed by atoms with Crippen LogP contribution in [0.15, 0.2) is 39.9 Å². The molecule has 0 saturated heterocycles. The number of aromatic amines is 2. The lowest BCUT2D eigenvalue weighted by atomic mass is 9.95. The fraction of sp³-hybridized carbons (Fsp3) is 0.286. The largest absolute Gasteiger partial charge is 0.378 e. The number of benzene rings is 1. The number of hydrogen-bond acceptors (Lipinski definition) is 4. The Bertz CT molecular complexity index is 1190. The zero-order valence-electron chi connectivity index (χ0n) is 15.7. The van der Waals surface area contributed by atoms with Gasteiger partial charge in [0.05, 0.1) is 16.6 Å². The first-order chi connectivity index (χ1) is 12.7. The summed E-state index contributed by atoms with van der Waals surface area (Å²) in [6, 6.07) is 8.94. The Kier molecular flexibility index (Phi) is 4.73. The molecule has 0 aliphatic carbocycles. The van der Waals surface area contributed by atoms with Gasteiger partial charge in [-0.25, -0.2) is 9.78 Å². The molecular weight excluding hydrogens is 342 g/mol. The van der Waals surface area contributed by atoms with Crippen LogP contribution in [-0.2, 0) is 0 Å². The number of para-hydroxylation sites is 1. The van der Waals surface area contributed by atoms with Crippen molar-refractivity contribution in [1.82, 2.24) is 15.0 Å². The monoisotopic (exact) mass is 363 g/mol. The van der Waals surface area contributed by atoms with Crippen LogP contribution in [0, 0.1) is 11.8 Å². The highest BCUT2D eigenvalue weighted by Gasteiger charge is 2.15. The summed E-state index contributed by atoms with van der Waals surface area (Å²) in [6.07, 6.45) is 0. The zero-order valence-corrected chi connectivity index (χ0v) is 15.7. The number of nitrogens with zero attached hydrogens (tertiary/aromatic N) is 1. The highest BCUT2D eigenvalue weighted by atomic mass is 16.3. The first kappa shape index (κ1) is 18.6. The standard InChI is InChI=1S/C21H21N3O3/c1-12(2)17-15(9-8-13(22-17)10-11-21(3,4)27)14-6-5-7-16-18(14)23-20(26)24-19(16)25/h5-9,12,27H,1-4H3,(H2,23,24,25,26). The summed E-state index contributed by atoms with van der Waals surface area (Å²) in [4.78, 5) is 33.5. The van der Waals surface area contributed by atoms with Crippen LogP contribution in [0.4, 0.5) is 0 Å². The topological polar surface area (TPSA) is 98.8 Å². The molecule has 0 bridgehead atoms. The fourth-order valence-electron chi connectivity index (χ4n) is 2.85. The minimum atomic E-state index is -1.10. The van der Waals surface area contributed by atoms with Gasteiger partial charge in [-0.05, 0) is 43.9 Å². The second kappa shape index (κ2) is 6.86. The molecule has 6 heteroatoms. The van der Waals surface area contributed by atoms with Crippen LogP contribution < -0.4 is 11.2 Å². The first-order valence-corrected chi connectivity index (χ1v) is 8.68. The Morgan fingerprint density at radius 1 is 1.07 bits per heavy atom. The van der Waals surface area contributed by atoms with Crippen molar-refractivity contribution in [2.75, 3.05) is 0 Å². The van der Waals surface area contributed by atoms with Crippen molar-refractivity contribution >= 4 is 10.9 Å². The lowest BCUT2D eigenvalue weighted by molar-refractivity contribution is 0.143. The van der Waals surface area contributed by atoms with Gasteiger partial charge in [-0.2, -0.15) is 0 Å². The normalized spacial score (nSPS) is 11.5. The lowest BCUT2D eigenvalue weighted by Gasteiger charge is -2.14. The van der Waals surface area contributed by atoms with Gasteiger partial charge in [-0.3, -0.25) is 9.78 Å². The van der Waals surface area contributed by atoms with E-state index in [0.29, 0.717) is 16.6 Å². The summed E-state index contributed by atoms with van der Waals surface area (Å²) in [5.41, 5.74) is 1.30. The summed E-state index contributed by atoms with van der Waals surface area (Å²) in [5.74, 6) is 5.74. The van der Waals surface area contributed by atoms with E-state index in [0.717, 1.165) is 16.8 Å². The van der Waals surface area contributed by atoms with Crippen molar-refractivity contribution in [3.05, 3.63) is 62.6 Å². The van der Waals surface area contributed by atoms with Crippen LogP contribution in [-0.4, -0.2) is 25.7 Å². The van der Waals surface area contributed by atoms with E-state index in [1.54, 1.807) is 32.0 Å². The van der Waals surface area contributed by atoms with E-state index in [9.17, 15) is 14.7 Å². The molecule has 0 unspecified atom stereocenters. The molecule has 0 saturated carbocycles. The van der Waals surface area contributed by atoms with Crippen molar-refractivity contribution in [3.63, 3.8) is 0 Å². The minimum absolute atomic E-state index is 0.0906. The van der Waals surface area contributed by atoms with Crippen molar-refractivity contribution in [1.29, 1.82) is 0 Å². The van der Waals surface area contributed by atoms with E-state index in [1.165, 1.54) is 0 Å². The third-order valence-corrected chi connectivity index (χ3v) is 4.03. The second-order valence-electron chi connectivity index (χ2n) is 7.23. The number of aliphatic hydroxyl groups is 1. The molecule has 3 N–H and O–H groups in total. The van der Waals surface area contributed by atoms with Crippen LogP contribution in [0.3, 0.4) is 0 Å². The molecule has 0 fully saturated rings. The SMILES string of the molecule is CC(C)c1nc(C#CC(C)(C)O)ccc1-c1cccc2c(=O)[nH]c(=O)[nH]c12. The molecule has 0 radical (unpaired) electrons. The summed E-state index contributed by atoms with van der Waals surface area (Å²) >= 11 is 0. The first-order valence-electron chi connectivity index (χ1n) is 8.68. The van der Waals surface area contributed by atoms with E-state index < -0.39 is 16.9 Å². The number of aromatic nitrogens is 3. The predicted molar refractivity (Wildman–Crippen MR) is 106 cm³/mol. The Labute approximate surface area is 156 Å². The molecule has 138 valence electrons. The molecule has 2 aromatic heterocycles. The molecule has 0 aliphatic rings. The molecule has 0 spiro atoms. The van der Waals surface area contributed by atoms with Crippen LogP contribution >= 0.6 is 0 Å². The van der Waals surface area contributed by atoms with Crippen LogP contribution in [0.1, 0.15) is 45.0 Å². The number of fused-ring (bicyclic) bond motifs is 1. The Morgan fingerprint density at radius 3 is 2.48 bits per heavy atom. The Hall–Kier alpha value is -3.17. The van der Waals surface area contributed by atoms with Crippen molar-refractivity contribution in [2.24, 2.45) is 0 Å². The van der Waals surface area contributed by atoms with E-state index in [1.807, 2.05) is 26.0 Å². The Morgan fingerprint density at radius 2 is 1.81 bits per heavy atom. The van der Waals surface area contributed by atoms with Gasteiger partial charge in [-0.1, -0.05) is 31.9 Å². The molecule has 6 nitrogen and oxygen atoms in total. The van der Waals surface area contributed by atoms with Gasteiger partial charge in [0.15, 0.2) is 0 Å². The van der Waals surface area contributed by atoms with Gasteiger partial charge in [-0.15, -0.1) is 0 Å². The quantitative estimate of drug-likeness (QED) is 0.609. The summed E-state index contributed by atoms with van der Waals surface area (Å²) < 4.78 is 0. The van der Waals surface area contributed by atoms with Crippen LogP contribution in [0.5, 0.6) is 0 Å². The maximum Gasteiger partial charge on any atom is 0.326 e. The number of H-pyrrole nitrogens is 2.